The Kier molecular flexibility index (Phi) is 2.42. The highest BCUT2D eigenvalue weighted by Crippen LogP contribution is 2.45. The van der Waals surface area contributed by atoms with Gasteiger partial charge in [-0.25, -0.2) is 0 Å². The van der Waals surface area contributed by atoms with Gasteiger partial charge in [-0.3, -0.25) is 0 Å². The molecule has 0 bridgehead atoms. The van der Waals surface area contributed by atoms with Crippen LogP contribution in [0.1, 0.15) is 23.3 Å². The van der Waals surface area contributed by atoms with Crippen molar-refractivity contribution in [3.05, 3.63) is 145 Å². The van der Waals surface area contributed by atoms with Crippen molar-refractivity contribution >= 4 is 65.0 Å². The zero-order chi connectivity index (χ0) is 41.7. The molecule has 0 atom stereocenters. The minimum Gasteiger partial charge on any atom is -0.456 e. The predicted octanol–water partition coefficient (Wildman–Crippen LogP) is 11.5. The van der Waals surface area contributed by atoms with Gasteiger partial charge in [-0.15, -0.1) is 0 Å². The molecule has 1 nitrogen and oxygen atoms in total. The fourth-order valence-electron chi connectivity index (χ4n) is 5.59. The first kappa shape index (κ1) is 11.6. The minimum absolute atomic E-state index is 0.0429. The topological polar surface area (TPSA) is 13.1 Å². The second kappa shape index (κ2) is 8.55. The largest absolute Gasteiger partial charge is 0.456 e. The molecule has 0 N–H and O–H groups in total. The van der Waals surface area contributed by atoms with Crippen molar-refractivity contribution in [2.45, 2.75) is 0 Å². The Bertz CT molecular complexity index is 3340. The Labute approximate surface area is 260 Å². The van der Waals surface area contributed by atoms with Crippen LogP contribution in [0.25, 0.3) is 87.3 Å². The van der Waals surface area contributed by atoms with E-state index in [1.54, 1.807) is 24.3 Å². The van der Waals surface area contributed by atoms with Crippen LogP contribution in [0.2, 0.25) is 0 Å². The zero-order valence-corrected chi connectivity index (χ0v) is 20.9. The molecule has 0 aliphatic rings. The summed E-state index contributed by atoms with van der Waals surface area (Å²) in [6, 6.07) is 1.35. The first-order chi connectivity index (χ1) is 27.4. The van der Waals surface area contributed by atoms with Gasteiger partial charge >= 0.3 is 0 Å². The number of fused-ring (bicyclic) bond motifs is 8. The van der Waals surface area contributed by atoms with Gasteiger partial charge in [0.05, 0.1) is 23.3 Å². The summed E-state index contributed by atoms with van der Waals surface area (Å²) < 4.78 is 158. The highest BCUT2D eigenvalue weighted by atomic mass is 16.3. The Morgan fingerprint density at radius 3 is 1.78 bits per heavy atom. The third kappa shape index (κ3) is 3.30. The summed E-state index contributed by atoms with van der Waals surface area (Å²) in [7, 11) is 0. The Balaban J connectivity index is 1.61. The molecular formula is C40H24O. The molecule has 0 radical (unpaired) electrons. The molecule has 0 saturated heterocycles. The summed E-state index contributed by atoms with van der Waals surface area (Å²) in [5.74, 6) is 0. The smallest absolute Gasteiger partial charge is 0.136 e. The molecule has 0 spiro atoms. The van der Waals surface area contributed by atoms with Crippen LogP contribution >= 0.6 is 0 Å². The molecule has 0 unspecified atom stereocenters. The molecule has 1 heterocycles. The van der Waals surface area contributed by atoms with E-state index >= 15 is 0 Å². The van der Waals surface area contributed by atoms with Crippen molar-refractivity contribution < 1.29 is 27.7 Å². The molecule has 0 saturated carbocycles. The van der Waals surface area contributed by atoms with Crippen molar-refractivity contribution in [3.8, 4) is 22.3 Å². The summed E-state index contributed by atoms with van der Waals surface area (Å²) in [6.07, 6.45) is 0. The van der Waals surface area contributed by atoms with Gasteiger partial charge in [0.15, 0.2) is 0 Å². The van der Waals surface area contributed by atoms with E-state index in [0.29, 0.717) is 5.56 Å². The van der Waals surface area contributed by atoms with Gasteiger partial charge in [-0.05, 0) is 89.5 Å². The highest BCUT2D eigenvalue weighted by molar-refractivity contribution is 6.24. The SMILES string of the molecule is [2H]c1c(-c2c3c([2H])c([2H])c([2H])c([2H])c3c(-c3ccc4ccccc4c3)c3c([2H])c([2H])c([2H])c([2H])c23)c([2H])c2c(oc3c([2H])c([2H])c4c([2H])c([2H])c([2H])c([2H])c4c32)c1[2H]. The van der Waals surface area contributed by atoms with E-state index in [-0.39, 0.29) is 54.2 Å². The predicted molar refractivity (Wildman–Crippen MR) is 175 cm³/mol. The lowest BCUT2D eigenvalue weighted by molar-refractivity contribution is 0.669. The van der Waals surface area contributed by atoms with E-state index in [2.05, 4.69) is 0 Å². The quantitative estimate of drug-likeness (QED) is 0.200. The molecule has 8 aromatic carbocycles. The van der Waals surface area contributed by atoms with Gasteiger partial charge in [0.1, 0.15) is 11.2 Å². The van der Waals surface area contributed by atoms with Gasteiger partial charge in [-0.1, -0.05) is 121 Å². The molecule has 1 heteroatoms. The number of hydrogen-bond acceptors (Lipinski definition) is 1. The second-order valence-corrected chi connectivity index (χ2v) is 9.57. The van der Waals surface area contributed by atoms with Crippen LogP contribution in [-0.2, 0) is 0 Å². The lowest BCUT2D eigenvalue weighted by atomic mass is 9.85. The Hall–Kier alpha value is -5.40. The molecule has 1 aromatic heterocycles. The molecule has 9 rings (SSSR count). The van der Waals surface area contributed by atoms with Gasteiger partial charge in [0.2, 0.25) is 0 Å². The van der Waals surface area contributed by atoms with E-state index in [9.17, 15) is 9.60 Å². The third-order valence-electron chi connectivity index (χ3n) is 7.36. The van der Waals surface area contributed by atoms with E-state index in [1.807, 2.05) is 18.2 Å². The highest BCUT2D eigenvalue weighted by Gasteiger charge is 2.18. The molecule has 190 valence electrons. The van der Waals surface area contributed by atoms with Crippen molar-refractivity contribution in [2.75, 3.05) is 0 Å². The molecule has 0 fully saturated rings. The lowest BCUT2D eigenvalue weighted by Gasteiger charge is -2.18. The van der Waals surface area contributed by atoms with Gasteiger partial charge < -0.3 is 4.42 Å². The van der Waals surface area contributed by atoms with Crippen LogP contribution in [0.4, 0.5) is 0 Å². The maximum atomic E-state index is 9.78. The van der Waals surface area contributed by atoms with Crippen LogP contribution in [0.15, 0.2) is 150 Å². The molecular weight excluding hydrogens is 496 g/mol. The standard InChI is InChI=1S/C40H24O/c1-2-11-27-23-28(18-17-25(27)9-1)38-31-13-5-7-15-33(31)39(34-16-8-6-14-32(34)38)29-20-21-36-35(24-29)40-30-12-4-3-10-26(30)19-22-37(40)41-36/h1-24H/i3D,4D,5D,6D,7D,8D,10D,12D,13D,14D,15D,16D,19D,20D,21D,22D,24D. The van der Waals surface area contributed by atoms with E-state index < -0.39 is 119 Å². The van der Waals surface area contributed by atoms with Crippen molar-refractivity contribution in [2.24, 2.45) is 0 Å². The van der Waals surface area contributed by atoms with Crippen LogP contribution in [0.3, 0.4) is 0 Å². The molecule has 0 aliphatic heterocycles. The summed E-state index contributed by atoms with van der Waals surface area (Å²) in [5, 5.41) is -0.601. The first-order valence-electron chi connectivity index (χ1n) is 21.2. The normalized spacial score (nSPS) is 17.7. The monoisotopic (exact) mass is 537 g/mol. The molecule has 0 aliphatic carbocycles. The van der Waals surface area contributed by atoms with Crippen LogP contribution < -0.4 is 0 Å². The van der Waals surface area contributed by atoms with Crippen LogP contribution in [0.5, 0.6) is 0 Å². The van der Waals surface area contributed by atoms with Crippen molar-refractivity contribution in [1.82, 2.24) is 0 Å². The lowest BCUT2D eigenvalue weighted by Crippen LogP contribution is -1.91. The fourth-order valence-corrected chi connectivity index (χ4v) is 5.59. The van der Waals surface area contributed by atoms with E-state index in [0.717, 1.165) is 10.8 Å². The molecule has 0 amide bonds. The van der Waals surface area contributed by atoms with Gasteiger partial charge in [0.25, 0.3) is 0 Å². The van der Waals surface area contributed by atoms with E-state index in [4.69, 9.17) is 18.1 Å². The fraction of sp³-hybridized carbons (Fsp3) is 0. The first-order valence-corrected chi connectivity index (χ1v) is 12.7. The minimum atomic E-state index is -0.735. The molecule has 41 heavy (non-hydrogen) atoms. The maximum Gasteiger partial charge on any atom is 0.136 e. The van der Waals surface area contributed by atoms with Crippen molar-refractivity contribution in [3.63, 3.8) is 0 Å². The Morgan fingerprint density at radius 2 is 1.05 bits per heavy atom. The van der Waals surface area contributed by atoms with Crippen molar-refractivity contribution in [1.29, 1.82) is 0 Å². The number of hydrogen-bond donors (Lipinski definition) is 0. The zero-order valence-electron chi connectivity index (χ0n) is 37.9. The van der Waals surface area contributed by atoms with E-state index in [1.165, 1.54) is 0 Å². The van der Waals surface area contributed by atoms with Gasteiger partial charge in [0, 0.05) is 10.8 Å². The number of benzene rings is 8. The average molecular weight is 538 g/mol. The second-order valence-electron chi connectivity index (χ2n) is 9.57. The summed E-state index contributed by atoms with van der Waals surface area (Å²) in [5.41, 5.74) is -1.32. The van der Waals surface area contributed by atoms with Gasteiger partial charge in [-0.2, -0.15) is 0 Å². The summed E-state index contributed by atoms with van der Waals surface area (Å²) in [4.78, 5) is 0. The maximum absolute atomic E-state index is 9.78. The number of furan rings is 1. The summed E-state index contributed by atoms with van der Waals surface area (Å²) >= 11 is 0. The van der Waals surface area contributed by atoms with Crippen LogP contribution in [-0.4, -0.2) is 0 Å². The Morgan fingerprint density at radius 1 is 0.439 bits per heavy atom. The molecule has 9 aromatic rings. The third-order valence-corrected chi connectivity index (χ3v) is 7.36. The van der Waals surface area contributed by atoms with Crippen LogP contribution in [0, 0.1) is 0 Å². The summed E-state index contributed by atoms with van der Waals surface area (Å²) in [6.45, 7) is 0. The number of rotatable bonds is 2. The average Bonchev–Trinajstić information content (AvgIpc) is 3.62.